The van der Waals surface area contributed by atoms with Crippen LogP contribution in [0.3, 0.4) is 0 Å². The third-order valence-corrected chi connectivity index (χ3v) is 4.06. The van der Waals surface area contributed by atoms with Crippen molar-refractivity contribution in [2.24, 2.45) is 5.73 Å². The smallest absolute Gasteiger partial charge is 0.250 e. The molecule has 8 nitrogen and oxygen atoms in total. The predicted molar refractivity (Wildman–Crippen MR) is 86.2 cm³/mol. The maximum Gasteiger partial charge on any atom is 0.250 e. The molecule has 2 heterocycles. The van der Waals surface area contributed by atoms with Gasteiger partial charge >= 0.3 is 0 Å². The Balaban J connectivity index is 2.58. The second-order valence-electron chi connectivity index (χ2n) is 5.46. The maximum absolute atomic E-state index is 11.8. The van der Waals surface area contributed by atoms with Crippen LogP contribution < -0.4 is 11.1 Å². The Labute approximate surface area is 134 Å². The average Bonchev–Trinajstić information content (AvgIpc) is 2.76. The summed E-state index contributed by atoms with van der Waals surface area (Å²) in [4.78, 5) is 19.3. The molecular formula is C14H19N5O3S. The number of carbonyl (C=O) groups is 1. The van der Waals surface area contributed by atoms with Gasteiger partial charge in [-0.15, -0.1) is 0 Å². The van der Waals surface area contributed by atoms with Crippen molar-refractivity contribution in [1.82, 2.24) is 14.5 Å². The molecule has 3 N–H and O–H groups in total. The molecule has 0 saturated heterocycles. The fourth-order valence-electron chi connectivity index (χ4n) is 2.06. The molecule has 1 unspecified atom stereocenters. The van der Waals surface area contributed by atoms with Crippen molar-refractivity contribution in [1.29, 1.82) is 0 Å². The number of primary amides is 1. The number of amides is 1. The lowest BCUT2D eigenvalue weighted by Crippen LogP contribution is -2.33. The van der Waals surface area contributed by atoms with Crippen molar-refractivity contribution >= 4 is 21.6 Å². The van der Waals surface area contributed by atoms with E-state index in [4.69, 9.17) is 5.73 Å². The van der Waals surface area contributed by atoms with Crippen LogP contribution in [0.5, 0.6) is 0 Å². The minimum atomic E-state index is -3.61. The number of aryl methyl sites for hydroxylation is 2. The minimum absolute atomic E-state index is 0.215. The summed E-state index contributed by atoms with van der Waals surface area (Å²) < 4.78 is 25.4. The molecule has 23 heavy (non-hydrogen) atoms. The van der Waals surface area contributed by atoms with E-state index in [9.17, 15) is 13.2 Å². The highest BCUT2D eigenvalue weighted by atomic mass is 32.2. The third-order valence-electron chi connectivity index (χ3n) is 3.21. The van der Waals surface area contributed by atoms with E-state index in [-0.39, 0.29) is 11.0 Å². The summed E-state index contributed by atoms with van der Waals surface area (Å²) >= 11 is 0. The number of sulfone groups is 1. The number of anilines is 1. The Kier molecular flexibility index (Phi) is 4.42. The molecule has 0 aliphatic carbocycles. The van der Waals surface area contributed by atoms with E-state index in [1.165, 1.54) is 0 Å². The standard InChI is InChI=1S/C14H19N5O3S/c1-8-5-9(2)19(7-8)12-6-11(16-10(3)13(15)20)17-14(18-12)23(4,21)22/h5-7,10H,1-4H3,(H2,15,20)(H,16,17,18). The van der Waals surface area contributed by atoms with Gasteiger partial charge in [0.1, 0.15) is 17.7 Å². The molecule has 1 atom stereocenters. The fourth-order valence-corrected chi connectivity index (χ4v) is 2.58. The number of nitrogens with one attached hydrogen (secondary N) is 1. The third kappa shape index (κ3) is 3.86. The minimum Gasteiger partial charge on any atom is -0.368 e. The van der Waals surface area contributed by atoms with Crippen LogP contribution in [-0.4, -0.2) is 41.2 Å². The SMILES string of the molecule is Cc1cc(C)n(-c2cc(NC(C)C(N)=O)nc(S(C)(=O)=O)n2)c1. The molecule has 0 spiro atoms. The van der Waals surface area contributed by atoms with Gasteiger partial charge in [-0.1, -0.05) is 0 Å². The van der Waals surface area contributed by atoms with E-state index < -0.39 is 21.8 Å². The Morgan fingerprint density at radius 3 is 2.43 bits per heavy atom. The first-order chi connectivity index (χ1) is 10.6. The highest BCUT2D eigenvalue weighted by Gasteiger charge is 2.18. The molecule has 0 radical (unpaired) electrons. The lowest BCUT2D eigenvalue weighted by Gasteiger charge is -2.13. The van der Waals surface area contributed by atoms with E-state index in [2.05, 4.69) is 15.3 Å². The monoisotopic (exact) mass is 337 g/mol. The van der Waals surface area contributed by atoms with E-state index in [1.54, 1.807) is 17.6 Å². The van der Waals surface area contributed by atoms with Crippen molar-refractivity contribution in [3.05, 3.63) is 29.6 Å². The number of nitrogens with zero attached hydrogens (tertiary/aromatic N) is 3. The molecule has 2 aromatic heterocycles. The molecule has 0 bridgehead atoms. The first-order valence-corrected chi connectivity index (χ1v) is 8.78. The van der Waals surface area contributed by atoms with Gasteiger partial charge in [-0.25, -0.2) is 18.4 Å². The van der Waals surface area contributed by atoms with E-state index >= 15 is 0 Å². The molecule has 0 aromatic carbocycles. The van der Waals surface area contributed by atoms with Crippen LogP contribution in [0.25, 0.3) is 5.82 Å². The summed E-state index contributed by atoms with van der Waals surface area (Å²) in [5.74, 6) is 0.0386. The van der Waals surface area contributed by atoms with Crippen LogP contribution in [0.4, 0.5) is 5.82 Å². The molecule has 0 saturated carbocycles. The molecule has 1 amide bonds. The summed E-state index contributed by atoms with van der Waals surface area (Å²) in [7, 11) is -3.61. The van der Waals surface area contributed by atoms with Gasteiger partial charge in [0.2, 0.25) is 15.7 Å². The first kappa shape index (κ1) is 16.9. The Morgan fingerprint density at radius 2 is 1.96 bits per heavy atom. The zero-order valence-corrected chi connectivity index (χ0v) is 14.2. The molecular weight excluding hydrogens is 318 g/mol. The number of hydrogen-bond acceptors (Lipinski definition) is 6. The van der Waals surface area contributed by atoms with Gasteiger partial charge in [0, 0.05) is 24.2 Å². The second-order valence-corrected chi connectivity index (χ2v) is 7.37. The van der Waals surface area contributed by atoms with Crippen LogP contribution >= 0.6 is 0 Å². The van der Waals surface area contributed by atoms with Crippen LogP contribution in [0.1, 0.15) is 18.2 Å². The highest BCUT2D eigenvalue weighted by Crippen LogP contribution is 2.18. The maximum atomic E-state index is 11.8. The van der Waals surface area contributed by atoms with E-state index in [0.29, 0.717) is 5.82 Å². The van der Waals surface area contributed by atoms with Crippen molar-refractivity contribution < 1.29 is 13.2 Å². The molecule has 2 aromatic rings. The molecule has 9 heteroatoms. The van der Waals surface area contributed by atoms with Gasteiger partial charge in [0.15, 0.2) is 0 Å². The molecule has 0 aliphatic heterocycles. The lowest BCUT2D eigenvalue weighted by atomic mass is 10.3. The summed E-state index contributed by atoms with van der Waals surface area (Å²) in [5, 5.41) is 2.47. The number of nitrogens with two attached hydrogens (primary N) is 1. The first-order valence-electron chi connectivity index (χ1n) is 6.89. The molecule has 2 rings (SSSR count). The van der Waals surface area contributed by atoms with Crippen LogP contribution in [0.2, 0.25) is 0 Å². The van der Waals surface area contributed by atoms with Crippen molar-refractivity contribution in [3.8, 4) is 5.82 Å². The summed E-state index contributed by atoms with van der Waals surface area (Å²) in [6, 6.07) is 2.82. The predicted octanol–water partition coefficient (Wildman–Crippen LogP) is 0.573. The quantitative estimate of drug-likeness (QED) is 0.770. The Morgan fingerprint density at radius 1 is 1.30 bits per heavy atom. The van der Waals surface area contributed by atoms with Crippen LogP contribution in [0, 0.1) is 13.8 Å². The summed E-state index contributed by atoms with van der Waals surface area (Å²) in [5.41, 5.74) is 7.13. The topological polar surface area (TPSA) is 120 Å². The zero-order chi connectivity index (χ0) is 17.4. The largest absolute Gasteiger partial charge is 0.368 e. The number of rotatable bonds is 5. The van der Waals surface area contributed by atoms with Gasteiger partial charge in [-0.2, -0.15) is 0 Å². The fraction of sp³-hybridized carbons (Fsp3) is 0.357. The zero-order valence-electron chi connectivity index (χ0n) is 13.4. The van der Waals surface area contributed by atoms with Gasteiger partial charge in [-0.05, 0) is 32.4 Å². The van der Waals surface area contributed by atoms with E-state index in [0.717, 1.165) is 17.5 Å². The lowest BCUT2D eigenvalue weighted by molar-refractivity contribution is -0.118. The molecule has 0 aliphatic rings. The molecule has 0 fully saturated rings. The number of carbonyl (C=O) groups excluding carboxylic acids is 1. The van der Waals surface area contributed by atoms with Gasteiger partial charge in [-0.3, -0.25) is 4.79 Å². The van der Waals surface area contributed by atoms with Gasteiger partial charge < -0.3 is 15.6 Å². The van der Waals surface area contributed by atoms with Gasteiger partial charge in [0.05, 0.1) is 0 Å². The highest BCUT2D eigenvalue weighted by molar-refractivity contribution is 7.90. The van der Waals surface area contributed by atoms with E-state index in [1.807, 2.05) is 26.1 Å². The van der Waals surface area contributed by atoms with Crippen LogP contribution in [-0.2, 0) is 14.6 Å². The summed E-state index contributed by atoms with van der Waals surface area (Å²) in [6.07, 6.45) is 2.87. The van der Waals surface area contributed by atoms with Crippen molar-refractivity contribution in [2.45, 2.75) is 32.0 Å². The summed E-state index contributed by atoms with van der Waals surface area (Å²) in [6.45, 7) is 5.38. The Hall–Kier alpha value is -2.42. The Bertz CT molecular complexity index is 857. The van der Waals surface area contributed by atoms with Crippen molar-refractivity contribution in [3.63, 3.8) is 0 Å². The van der Waals surface area contributed by atoms with Gasteiger partial charge in [0.25, 0.3) is 5.16 Å². The number of hydrogen-bond donors (Lipinski definition) is 2. The second kappa shape index (κ2) is 5.99. The normalized spacial score (nSPS) is 12.9. The van der Waals surface area contributed by atoms with Crippen molar-refractivity contribution in [2.75, 3.05) is 11.6 Å². The number of aromatic nitrogens is 3. The average molecular weight is 337 g/mol. The molecule has 124 valence electrons. The van der Waals surface area contributed by atoms with Crippen LogP contribution in [0.15, 0.2) is 23.5 Å².